The molecule has 0 radical (unpaired) electrons. The number of carbonyl (C=O) groups excluding carboxylic acids is 2. The normalized spacial score (nSPS) is 38.9. The number of nitrogens with two attached hydrogens (primary N) is 1. The van der Waals surface area contributed by atoms with Gasteiger partial charge in [0.2, 0.25) is 11.8 Å². The maximum absolute atomic E-state index is 13.7. The molecule has 5 rings (SSSR count). The van der Waals surface area contributed by atoms with Crippen LogP contribution in [0.2, 0.25) is 0 Å². The molecule has 0 bridgehead atoms. The van der Waals surface area contributed by atoms with Gasteiger partial charge in [0.15, 0.2) is 18.8 Å². The van der Waals surface area contributed by atoms with Crippen LogP contribution in [0, 0.1) is 0 Å². The van der Waals surface area contributed by atoms with Crippen LogP contribution in [0.25, 0.3) is 0 Å². The molecule has 72 heavy (non-hydrogen) atoms. The molecule has 5 heterocycles. The molecular formula is C38H62N5O26PS2. The maximum atomic E-state index is 13.7. The minimum Gasteiger partial charge on any atom is -0.477 e. The molecule has 31 nitrogen and oxygen atoms in total. The zero-order valence-electron chi connectivity index (χ0n) is 38.5. The third kappa shape index (κ3) is 13.8. The summed E-state index contributed by atoms with van der Waals surface area (Å²) in [6, 6.07) is -1.84. The standard InChI is InChI=1S/C38H62N5O26PS2/c1-13(46)40-20-26(53)32(72-8-4-7-71-12-18-24(51)27(54)29(56)35(66-18)67-30-16(10-45)65-34(62-3)21(25(30)52)41-14(2)47)38(36(57)58,68-31(20)22(49)15(48)9-44)69-70(60,61)63-11-17-23(50)28(55)33(64-17)43-6-5-19(39)42-37(43)59/h5-6,15-18,20-35,44-45,48-56H,4,7-12H2,1-3H3,(H,40,46)(H,41,47)(H,57,58)(H,60,61)(H2,39,42,59)/t15-,16-,17-,18-,20-,21-,22-,23-,24+,25-,26-,27+,28-,29-,30+,31-,32-,33-,34-,35+,38-/m1/s1. The van der Waals surface area contributed by atoms with Gasteiger partial charge in [0, 0.05) is 32.9 Å². The van der Waals surface area contributed by atoms with Crippen LogP contribution in [-0.2, 0) is 56.4 Å². The Morgan fingerprint density at radius 2 is 1.53 bits per heavy atom. The first-order valence-electron chi connectivity index (χ1n) is 22.0. The number of thioether (sulfide) groups is 2. The topological polar surface area (TPSA) is 490 Å². The lowest BCUT2D eigenvalue weighted by molar-refractivity contribution is -0.342. The van der Waals surface area contributed by atoms with Gasteiger partial charge in [-0.15, -0.1) is 11.8 Å². The van der Waals surface area contributed by atoms with E-state index in [1.165, 1.54) is 13.2 Å². The van der Waals surface area contributed by atoms with Crippen LogP contribution >= 0.6 is 31.3 Å². The Balaban J connectivity index is 1.29. The van der Waals surface area contributed by atoms with Crippen molar-refractivity contribution in [1.29, 1.82) is 0 Å². The minimum absolute atomic E-state index is 0.0809. The van der Waals surface area contributed by atoms with Crippen LogP contribution < -0.4 is 22.1 Å². The Morgan fingerprint density at radius 1 is 0.889 bits per heavy atom. The van der Waals surface area contributed by atoms with Crippen molar-refractivity contribution in [1.82, 2.24) is 20.2 Å². The van der Waals surface area contributed by atoms with Crippen molar-refractivity contribution >= 4 is 54.9 Å². The quantitative estimate of drug-likeness (QED) is 0.0357. The van der Waals surface area contributed by atoms with Gasteiger partial charge in [0.25, 0.3) is 5.79 Å². The Kier molecular flexibility index (Phi) is 21.6. The monoisotopic (exact) mass is 1100 g/mol. The number of phosphoric ester groups is 1. The van der Waals surface area contributed by atoms with Crippen LogP contribution in [0.5, 0.6) is 0 Å². The van der Waals surface area contributed by atoms with Crippen molar-refractivity contribution in [2.75, 3.05) is 49.9 Å². The maximum Gasteiger partial charge on any atom is 0.475 e. The number of aromatic nitrogens is 2. The predicted molar refractivity (Wildman–Crippen MR) is 240 cm³/mol. The van der Waals surface area contributed by atoms with Crippen molar-refractivity contribution in [2.24, 2.45) is 0 Å². The summed E-state index contributed by atoms with van der Waals surface area (Å²) in [5, 5.41) is 131. The number of rotatable bonds is 23. The third-order valence-electron chi connectivity index (χ3n) is 11.8. The summed E-state index contributed by atoms with van der Waals surface area (Å²) in [5.41, 5.74) is 4.50. The highest BCUT2D eigenvalue weighted by atomic mass is 32.2. The SMILES string of the molecule is CO[C@@H]1O[C@H](CO)[C@H](O[C@@H]2O[C@H](CSCCCS[C@@H]3[C@H](O)[C@@H](NC(C)=O)[C@H]([C@H](O)[C@H](O)CO)O[C@]3(OP(=O)(O)OC[C@H]3O[C@@H](n4ccc(N)nc4=O)[C@H](O)[C@@H]3O)C(=O)O)[C@H](O)[C@H](O)[C@H]2O)[C@H](O)[C@H]1NC(C)=O. The fourth-order valence-electron chi connectivity index (χ4n) is 8.25. The largest absolute Gasteiger partial charge is 0.477 e. The lowest BCUT2D eigenvalue weighted by Crippen LogP contribution is -2.73. The molecule has 17 N–H and O–H groups in total. The van der Waals surface area contributed by atoms with Gasteiger partial charge in [-0.25, -0.2) is 18.7 Å². The molecule has 2 amide bonds. The Morgan fingerprint density at radius 3 is 2.12 bits per heavy atom. The Labute approximate surface area is 417 Å². The molecule has 4 saturated heterocycles. The molecular weight excluding hydrogens is 1040 g/mol. The van der Waals surface area contributed by atoms with Crippen LogP contribution in [0.4, 0.5) is 5.82 Å². The second-order valence-electron chi connectivity index (χ2n) is 17.0. The molecule has 1 aromatic rings. The smallest absolute Gasteiger partial charge is 0.475 e. The lowest BCUT2D eigenvalue weighted by Gasteiger charge is -2.50. The summed E-state index contributed by atoms with van der Waals surface area (Å²) in [6.45, 7) is -0.883. The molecule has 0 spiro atoms. The molecule has 4 fully saturated rings. The first-order chi connectivity index (χ1) is 33.8. The van der Waals surface area contributed by atoms with E-state index in [9.17, 15) is 89.9 Å². The van der Waals surface area contributed by atoms with E-state index >= 15 is 0 Å². The van der Waals surface area contributed by atoms with Crippen LogP contribution in [0.3, 0.4) is 0 Å². The van der Waals surface area contributed by atoms with E-state index in [1.54, 1.807) is 0 Å². The number of carbonyl (C=O) groups is 3. The number of aliphatic carboxylic acids is 1. The van der Waals surface area contributed by atoms with Crippen molar-refractivity contribution in [3.05, 3.63) is 22.7 Å². The van der Waals surface area contributed by atoms with Crippen LogP contribution in [0.1, 0.15) is 26.5 Å². The van der Waals surface area contributed by atoms with Crippen molar-refractivity contribution in [3.63, 3.8) is 0 Å². The number of carboxylic acids is 1. The first-order valence-corrected chi connectivity index (χ1v) is 25.7. The molecule has 0 saturated carbocycles. The van der Waals surface area contributed by atoms with Gasteiger partial charge >= 0.3 is 19.5 Å². The third-order valence-corrected chi connectivity index (χ3v) is 15.4. The van der Waals surface area contributed by atoms with E-state index in [4.69, 9.17) is 43.2 Å². The van der Waals surface area contributed by atoms with E-state index in [0.717, 1.165) is 36.4 Å². The number of ether oxygens (including phenoxy) is 6. The Hall–Kier alpha value is -2.78. The second kappa shape index (κ2) is 25.8. The summed E-state index contributed by atoms with van der Waals surface area (Å²) in [4.78, 5) is 64.4. The number of aliphatic hydroxyl groups is 11. The molecule has 0 aromatic carbocycles. The molecule has 412 valence electrons. The summed E-state index contributed by atoms with van der Waals surface area (Å²) >= 11 is 1.65. The highest BCUT2D eigenvalue weighted by Gasteiger charge is 2.65. The van der Waals surface area contributed by atoms with Gasteiger partial charge in [0.05, 0.1) is 43.3 Å². The number of nitrogens with zero attached hydrogens (tertiary/aromatic N) is 2. The highest BCUT2D eigenvalue weighted by Crippen LogP contribution is 2.53. The summed E-state index contributed by atoms with van der Waals surface area (Å²) < 4.78 is 58.3. The van der Waals surface area contributed by atoms with Gasteiger partial charge < -0.3 is 111 Å². The molecule has 4 aliphatic rings. The van der Waals surface area contributed by atoms with Gasteiger partial charge in [-0.1, -0.05) is 0 Å². The molecule has 22 atom stereocenters. The summed E-state index contributed by atoms with van der Waals surface area (Å²) in [6.07, 6.45) is -28.8. The zero-order valence-corrected chi connectivity index (χ0v) is 41.0. The minimum atomic E-state index is -5.83. The van der Waals surface area contributed by atoms with Crippen molar-refractivity contribution in [3.8, 4) is 0 Å². The predicted octanol–water partition coefficient (Wildman–Crippen LogP) is -8.02. The van der Waals surface area contributed by atoms with Crippen LogP contribution in [0.15, 0.2) is 17.1 Å². The van der Waals surface area contributed by atoms with Gasteiger partial charge in [-0.05, 0) is 24.0 Å². The molecule has 0 aliphatic carbocycles. The van der Waals surface area contributed by atoms with Gasteiger partial charge in [-0.3, -0.25) is 18.7 Å². The van der Waals surface area contributed by atoms with Crippen molar-refractivity contribution < 1.29 is 123 Å². The number of hydrogen-bond acceptors (Lipinski definition) is 28. The first kappa shape index (κ1) is 60.1. The number of phosphoric acid groups is 1. The van der Waals surface area contributed by atoms with E-state index in [2.05, 4.69) is 15.6 Å². The Bertz CT molecular complexity index is 2090. The number of anilines is 1. The molecule has 34 heteroatoms. The van der Waals surface area contributed by atoms with Gasteiger partial charge in [-0.2, -0.15) is 16.7 Å². The van der Waals surface area contributed by atoms with Crippen LogP contribution in [-0.4, -0.2) is 259 Å². The molecule has 1 unspecified atom stereocenters. The fourth-order valence-corrected chi connectivity index (χ4v) is 11.9. The summed E-state index contributed by atoms with van der Waals surface area (Å²) in [7, 11) is -4.60. The number of aliphatic hydroxyl groups excluding tert-OH is 11. The van der Waals surface area contributed by atoms with Gasteiger partial charge in [0.1, 0.15) is 85.1 Å². The fraction of sp³-hybridized carbons (Fsp3) is 0.816. The summed E-state index contributed by atoms with van der Waals surface area (Å²) in [5.74, 6) is -7.50. The number of carboxylic acid groups (broad SMARTS) is 1. The molecule has 4 aliphatic heterocycles. The van der Waals surface area contributed by atoms with E-state index in [-0.39, 0.29) is 29.5 Å². The average molecular weight is 1100 g/mol. The number of methoxy groups -OCH3 is 1. The van der Waals surface area contributed by atoms with E-state index in [0.29, 0.717) is 11.8 Å². The zero-order chi connectivity index (χ0) is 53.6. The highest BCUT2D eigenvalue weighted by molar-refractivity contribution is 8.00. The number of hydrogen-bond donors (Lipinski definition) is 16. The average Bonchev–Trinajstić information content (AvgIpc) is 3.60. The van der Waals surface area contributed by atoms with E-state index < -0.39 is 179 Å². The van der Waals surface area contributed by atoms with Crippen molar-refractivity contribution in [2.45, 2.75) is 148 Å². The second-order valence-corrected chi connectivity index (χ2v) is 20.7. The number of amides is 2. The molecule has 1 aromatic heterocycles. The number of nitrogens with one attached hydrogen (secondary N) is 2. The van der Waals surface area contributed by atoms with E-state index in [1.807, 2.05) is 0 Å². The number of nitrogen functional groups attached to an aromatic ring is 1. The lowest BCUT2D eigenvalue weighted by atomic mass is 9.88.